The van der Waals surface area contributed by atoms with Gasteiger partial charge in [0, 0.05) is 22.7 Å². The van der Waals surface area contributed by atoms with Crippen molar-refractivity contribution in [2.75, 3.05) is 22.9 Å². The number of carbonyl (C=O) groups is 2. The molecule has 2 N–H and O–H groups in total. The molecule has 144 valence electrons. The van der Waals surface area contributed by atoms with Gasteiger partial charge in [0.1, 0.15) is 0 Å². The minimum Gasteiger partial charge on any atom is -0.306 e. The molecule has 2 unspecified atom stereocenters. The van der Waals surface area contributed by atoms with Crippen LogP contribution >= 0.6 is 0 Å². The van der Waals surface area contributed by atoms with E-state index < -0.39 is 0 Å². The Morgan fingerprint density at radius 1 is 0.643 bits per heavy atom. The summed E-state index contributed by atoms with van der Waals surface area (Å²) < 4.78 is 0. The molecule has 0 aromatic heterocycles. The van der Waals surface area contributed by atoms with Crippen LogP contribution in [-0.2, 0) is 9.59 Å². The highest BCUT2D eigenvalue weighted by atomic mass is 16.2. The fraction of sp³-hybridized carbons (Fsp3) is 0.364. The molecule has 4 bridgehead atoms. The van der Waals surface area contributed by atoms with Gasteiger partial charge in [-0.05, 0) is 87.3 Å². The van der Waals surface area contributed by atoms with Crippen LogP contribution < -0.4 is 20.4 Å². The van der Waals surface area contributed by atoms with Crippen molar-refractivity contribution in [1.29, 1.82) is 0 Å². The van der Waals surface area contributed by atoms with Crippen molar-refractivity contribution in [3.63, 3.8) is 0 Å². The number of nitrogens with zero attached hydrogens (tertiary/aromatic N) is 2. The van der Waals surface area contributed by atoms with Crippen molar-refractivity contribution < 1.29 is 9.59 Å². The smallest absolute Gasteiger partial charge is 0.248 e. The molecule has 8 rings (SSSR count). The summed E-state index contributed by atoms with van der Waals surface area (Å²) in [7, 11) is 0. The van der Waals surface area contributed by atoms with Crippen LogP contribution in [0, 0.1) is 0 Å². The average molecular weight is 376 g/mol. The SMILES string of the molecule is O=C(C1CCCN1)N1c2ccc(cc2)N(C(=O)C2CCCN2)c2ccc1cc2. The molecule has 2 atom stereocenters. The molecule has 28 heavy (non-hydrogen) atoms. The van der Waals surface area contributed by atoms with Gasteiger partial charge in [0.15, 0.2) is 0 Å². The Morgan fingerprint density at radius 2 is 0.964 bits per heavy atom. The molecule has 0 radical (unpaired) electrons. The third-order valence-corrected chi connectivity index (χ3v) is 5.89. The first-order chi connectivity index (χ1) is 13.7. The zero-order chi connectivity index (χ0) is 19.1. The lowest BCUT2D eigenvalue weighted by atomic mass is 10.1. The summed E-state index contributed by atoms with van der Waals surface area (Å²) in [6, 6.07) is 15.2. The highest BCUT2D eigenvalue weighted by Gasteiger charge is 2.32. The molecule has 0 aliphatic carbocycles. The van der Waals surface area contributed by atoms with Crippen molar-refractivity contribution >= 4 is 34.6 Å². The molecule has 2 amide bonds. The Morgan fingerprint density at radius 3 is 1.21 bits per heavy atom. The van der Waals surface area contributed by atoms with Gasteiger partial charge >= 0.3 is 0 Å². The molecule has 2 aromatic rings. The van der Waals surface area contributed by atoms with Crippen LogP contribution in [0.25, 0.3) is 0 Å². The third-order valence-electron chi connectivity index (χ3n) is 5.89. The maximum atomic E-state index is 13.2. The Kier molecular flexibility index (Phi) is 4.37. The topological polar surface area (TPSA) is 64.7 Å². The number of hydrogen-bond donors (Lipinski definition) is 2. The van der Waals surface area contributed by atoms with Gasteiger partial charge in [-0.15, -0.1) is 0 Å². The van der Waals surface area contributed by atoms with Gasteiger partial charge in [-0.1, -0.05) is 0 Å². The van der Waals surface area contributed by atoms with Gasteiger partial charge in [0.05, 0.1) is 12.1 Å². The second kappa shape index (κ2) is 7.04. The van der Waals surface area contributed by atoms with E-state index in [-0.39, 0.29) is 23.9 Å². The maximum Gasteiger partial charge on any atom is 0.248 e. The van der Waals surface area contributed by atoms with Gasteiger partial charge in [-0.2, -0.15) is 0 Å². The van der Waals surface area contributed by atoms with E-state index in [0.717, 1.165) is 61.5 Å². The van der Waals surface area contributed by atoms with E-state index >= 15 is 0 Å². The van der Waals surface area contributed by atoms with Crippen LogP contribution in [0.5, 0.6) is 0 Å². The standard InChI is InChI=1S/C22H24N4O2/c27-21(19-3-1-13-23-19)25-15-5-9-17(10-6-15)26(18-11-7-16(25)8-12-18)22(28)20-4-2-14-24-20/h5-12,19-20,23-24H,1-4,13-14H2. The second-order valence-electron chi connectivity index (χ2n) is 7.68. The molecule has 0 spiro atoms. The molecule has 6 aliphatic rings. The summed E-state index contributed by atoms with van der Waals surface area (Å²) in [5.41, 5.74) is 3.29. The normalized spacial score (nSPS) is 23.4. The quantitative estimate of drug-likeness (QED) is 0.846. The Hall–Kier alpha value is -2.70. The lowest BCUT2D eigenvalue weighted by molar-refractivity contribution is -0.120. The minimum atomic E-state index is -0.145. The predicted molar refractivity (Wildman–Crippen MR) is 109 cm³/mol. The van der Waals surface area contributed by atoms with Crippen molar-refractivity contribution in [3.8, 4) is 0 Å². The average Bonchev–Trinajstić information content (AvgIpc) is 3.45. The molecule has 6 heterocycles. The molecular formula is C22H24N4O2. The summed E-state index contributed by atoms with van der Waals surface area (Å²) in [5, 5.41) is 6.60. The number of benzene rings is 2. The second-order valence-corrected chi connectivity index (χ2v) is 7.68. The van der Waals surface area contributed by atoms with Gasteiger partial charge in [0.25, 0.3) is 0 Å². The van der Waals surface area contributed by atoms with E-state index in [1.54, 1.807) is 9.80 Å². The van der Waals surface area contributed by atoms with Crippen molar-refractivity contribution in [3.05, 3.63) is 48.5 Å². The summed E-state index contributed by atoms with van der Waals surface area (Å²) in [5.74, 6) is 0.142. The van der Waals surface area contributed by atoms with E-state index in [1.807, 2.05) is 48.5 Å². The molecule has 6 nitrogen and oxygen atoms in total. The first-order valence-corrected chi connectivity index (χ1v) is 10.1. The number of amides is 2. The fourth-order valence-electron chi connectivity index (χ4n) is 4.41. The Balaban J connectivity index is 1.55. The van der Waals surface area contributed by atoms with Crippen molar-refractivity contribution in [2.24, 2.45) is 0 Å². The molecular weight excluding hydrogens is 352 g/mol. The largest absolute Gasteiger partial charge is 0.306 e. The highest BCUT2D eigenvalue weighted by Crippen LogP contribution is 2.36. The van der Waals surface area contributed by atoms with Gasteiger partial charge < -0.3 is 10.6 Å². The molecule has 0 saturated carbocycles. The molecule has 2 fully saturated rings. The fourth-order valence-corrected chi connectivity index (χ4v) is 4.41. The number of hydrogen-bond acceptors (Lipinski definition) is 4. The summed E-state index contributed by atoms with van der Waals surface area (Å²) in [6.45, 7) is 1.77. The van der Waals surface area contributed by atoms with E-state index in [2.05, 4.69) is 10.6 Å². The van der Waals surface area contributed by atoms with Crippen LogP contribution in [0.1, 0.15) is 25.7 Å². The summed E-state index contributed by atoms with van der Waals surface area (Å²) >= 11 is 0. The number of anilines is 4. The van der Waals surface area contributed by atoms with Gasteiger partial charge in [0.2, 0.25) is 11.8 Å². The van der Waals surface area contributed by atoms with Crippen LogP contribution in [0.15, 0.2) is 48.5 Å². The van der Waals surface area contributed by atoms with Gasteiger partial charge in [-0.25, -0.2) is 0 Å². The molecule has 2 aromatic carbocycles. The molecule has 6 aliphatic heterocycles. The van der Waals surface area contributed by atoms with Gasteiger partial charge in [-0.3, -0.25) is 19.4 Å². The lowest BCUT2D eigenvalue weighted by Crippen LogP contribution is -2.42. The van der Waals surface area contributed by atoms with E-state index in [1.165, 1.54) is 0 Å². The zero-order valence-electron chi connectivity index (χ0n) is 15.7. The predicted octanol–water partition coefficient (Wildman–Crippen LogP) is 2.83. The number of nitrogens with one attached hydrogen (secondary N) is 2. The van der Waals surface area contributed by atoms with Crippen LogP contribution in [-0.4, -0.2) is 37.0 Å². The maximum absolute atomic E-state index is 13.2. The number of rotatable bonds is 2. The third kappa shape index (κ3) is 2.89. The first kappa shape index (κ1) is 17.4. The molecule has 2 saturated heterocycles. The monoisotopic (exact) mass is 376 g/mol. The van der Waals surface area contributed by atoms with E-state index in [0.29, 0.717) is 0 Å². The Bertz CT molecular complexity index is 760. The highest BCUT2D eigenvalue weighted by molar-refractivity contribution is 6.07. The van der Waals surface area contributed by atoms with E-state index in [4.69, 9.17) is 0 Å². The van der Waals surface area contributed by atoms with Crippen LogP contribution in [0.2, 0.25) is 0 Å². The summed E-state index contributed by atoms with van der Waals surface area (Å²) in [6.07, 6.45) is 3.77. The van der Waals surface area contributed by atoms with Crippen LogP contribution in [0.3, 0.4) is 0 Å². The number of carbonyl (C=O) groups excluding carboxylic acids is 2. The minimum absolute atomic E-state index is 0.0710. The van der Waals surface area contributed by atoms with Crippen LogP contribution in [0.4, 0.5) is 22.7 Å². The lowest BCUT2D eigenvalue weighted by Gasteiger charge is -2.31. The molecule has 6 heteroatoms. The first-order valence-electron chi connectivity index (χ1n) is 10.1. The van der Waals surface area contributed by atoms with Crippen molar-refractivity contribution in [2.45, 2.75) is 37.8 Å². The van der Waals surface area contributed by atoms with E-state index in [9.17, 15) is 9.59 Å². The zero-order valence-corrected chi connectivity index (χ0v) is 15.7. The van der Waals surface area contributed by atoms with Crippen molar-refractivity contribution in [1.82, 2.24) is 10.6 Å². The summed E-state index contributed by atoms with van der Waals surface area (Å²) in [4.78, 5) is 29.9. The Labute approximate surface area is 164 Å².